The normalized spacial score (nSPS) is 21.6. The third-order valence-electron chi connectivity index (χ3n) is 2.77. The molecule has 1 saturated heterocycles. The van der Waals surface area contributed by atoms with Gasteiger partial charge in [0.2, 0.25) is 6.79 Å². The Labute approximate surface area is 87.7 Å². The summed E-state index contributed by atoms with van der Waals surface area (Å²) >= 11 is 0. The summed E-state index contributed by atoms with van der Waals surface area (Å²) in [5, 5.41) is 0. The van der Waals surface area contributed by atoms with Gasteiger partial charge in [-0.15, -0.1) is 0 Å². The van der Waals surface area contributed by atoms with Gasteiger partial charge in [0.1, 0.15) is 11.9 Å². The standard InChI is InChI=1S/C11H12O4/c1-6-8(12-2)3-7(9-4-13-9)11-10(6)14-5-15-11/h3,9H,4-5H2,1-2H3. The van der Waals surface area contributed by atoms with Crippen molar-refractivity contribution in [1.29, 1.82) is 0 Å². The summed E-state index contributed by atoms with van der Waals surface area (Å²) in [6.07, 6.45) is 0.148. The van der Waals surface area contributed by atoms with Gasteiger partial charge in [0.05, 0.1) is 13.7 Å². The lowest BCUT2D eigenvalue weighted by Crippen LogP contribution is -1.94. The van der Waals surface area contributed by atoms with E-state index in [-0.39, 0.29) is 12.9 Å². The Hall–Kier alpha value is -1.42. The maximum atomic E-state index is 5.45. The lowest BCUT2D eigenvalue weighted by atomic mass is 10.1. The number of benzene rings is 1. The van der Waals surface area contributed by atoms with Crippen molar-refractivity contribution in [2.75, 3.05) is 20.5 Å². The van der Waals surface area contributed by atoms with Crippen molar-refractivity contribution < 1.29 is 18.9 Å². The van der Waals surface area contributed by atoms with Crippen molar-refractivity contribution in [1.82, 2.24) is 0 Å². The lowest BCUT2D eigenvalue weighted by Gasteiger charge is -2.10. The molecule has 0 N–H and O–H groups in total. The van der Waals surface area contributed by atoms with E-state index >= 15 is 0 Å². The molecule has 1 atom stereocenters. The Balaban J connectivity index is 2.18. The van der Waals surface area contributed by atoms with Crippen LogP contribution in [-0.4, -0.2) is 20.5 Å². The lowest BCUT2D eigenvalue weighted by molar-refractivity contribution is 0.172. The van der Waals surface area contributed by atoms with Crippen molar-refractivity contribution in [3.63, 3.8) is 0 Å². The maximum Gasteiger partial charge on any atom is 0.231 e. The van der Waals surface area contributed by atoms with E-state index < -0.39 is 0 Å². The van der Waals surface area contributed by atoms with E-state index in [1.54, 1.807) is 7.11 Å². The number of hydrogen-bond donors (Lipinski definition) is 0. The first-order valence-corrected chi connectivity index (χ1v) is 4.90. The molecule has 0 spiro atoms. The van der Waals surface area contributed by atoms with E-state index in [2.05, 4.69) is 0 Å². The molecule has 0 saturated carbocycles. The molecule has 1 unspecified atom stereocenters. The van der Waals surface area contributed by atoms with E-state index in [9.17, 15) is 0 Å². The Morgan fingerprint density at radius 1 is 1.33 bits per heavy atom. The van der Waals surface area contributed by atoms with Gasteiger partial charge in [-0.2, -0.15) is 0 Å². The Morgan fingerprint density at radius 2 is 2.07 bits per heavy atom. The minimum absolute atomic E-state index is 0.148. The zero-order valence-corrected chi connectivity index (χ0v) is 8.70. The fourth-order valence-corrected chi connectivity index (χ4v) is 1.88. The third-order valence-corrected chi connectivity index (χ3v) is 2.77. The summed E-state index contributed by atoms with van der Waals surface area (Å²) in [6, 6.07) is 1.97. The molecule has 0 radical (unpaired) electrons. The van der Waals surface area contributed by atoms with Gasteiger partial charge in [0.15, 0.2) is 11.5 Å². The fourth-order valence-electron chi connectivity index (χ4n) is 1.88. The molecule has 2 aliphatic rings. The molecule has 1 aromatic rings. The molecule has 1 fully saturated rings. The minimum atomic E-state index is 0.148. The highest BCUT2D eigenvalue weighted by Gasteiger charge is 2.34. The number of epoxide rings is 1. The molecule has 3 rings (SSSR count). The predicted molar refractivity (Wildman–Crippen MR) is 52.5 cm³/mol. The van der Waals surface area contributed by atoms with Crippen LogP contribution in [0.5, 0.6) is 17.2 Å². The Kier molecular flexibility index (Phi) is 1.79. The van der Waals surface area contributed by atoms with Crippen LogP contribution in [0.2, 0.25) is 0 Å². The van der Waals surface area contributed by atoms with Crippen LogP contribution in [0.1, 0.15) is 17.2 Å². The topological polar surface area (TPSA) is 40.2 Å². The number of fused-ring (bicyclic) bond motifs is 1. The summed E-state index contributed by atoms with van der Waals surface area (Å²) in [4.78, 5) is 0. The number of methoxy groups -OCH3 is 1. The van der Waals surface area contributed by atoms with E-state index in [0.717, 1.165) is 35.0 Å². The van der Waals surface area contributed by atoms with Crippen molar-refractivity contribution >= 4 is 0 Å². The molecular weight excluding hydrogens is 196 g/mol. The van der Waals surface area contributed by atoms with Gasteiger partial charge < -0.3 is 18.9 Å². The number of hydrogen-bond acceptors (Lipinski definition) is 4. The van der Waals surface area contributed by atoms with Gasteiger partial charge in [-0.1, -0.05) is 0 Å². The molecule has 0 bridgehead atoms. The molecule has 4 heteroatoms. The highest BCUT2D eigenvalue weighted by molar-refractivity contribution is 5.60. The summed E-state index contributed by atoms with van der Waals surface area (Å²) < 4.78 is 21.5. The second-order valence-electron chi connectivity index (χ2n) is 3.68. The van der Waals surface area contributed by atoms with E-state index in [1.807, 2.05) is 13.0 Å². The van der Waals surface area contributed by atoms with Gasteiger partial charge in [0.25, 0.3) is 0 Å². The largest absolute Gasteiger partial charge is 0.496 e. The zero-order chi connectivity index (χ0) is 10.4. The first-order chi connectivity index (χ1) is 7.31. The average molecular weight is 208 g/mol. The van der Waals surface area contributed by atoms with Crippen molar-refractivity contribution in [3.8, 4) is 17.2 Å². The average Bonchev–Trinajstić information content (AvgIpc) is 2.96. The molecule has 2 aliphatic heterocycles. The number of ether oxygens (including phenoxy) is 4. The van der Waals surface area contributed by atoms with Crippen LogP contribution < -0.4 is 14.2 Å². The summed E-state index contributed by atoms with van der Waals surface area (Å²) in [5.41, 5.74) is 2.01. The van der Waals surface area contributed by atoms with E-state index in [0.29, 0.717) is 0 Å². The van der Waals surface area contributed by atoms with Gasteiger partial charge in [-0.3, -0.25) is 0 Å². The van der Waals surface area contributed by atoms with E-state index in [1.165, 1.54) is 0 Å². The Bertz CT molecular complexity index is 410. The SMILES string of the molecule is COc1cc(C2CO2)c2c(c1C)OCO2. The second-order valence-corrected chi connectivity index (χ2v) is 3.68. The van der Waals surface area contributed by atoms with E-state index in [4.69, 9.17) is 18.9 Å². The van der Waals surface area contributed by atoms with Crippen LogP contribution in [0.15, 0.2) is 6.07 Å². The van der Waals surface area contributed by atoms with Gasteiger partial charge in [-0.05, 0) is 13.0 Å². The maximum absolute atomic E-state index is 5.45. The summed E-state index contributed by atoms with van der Waals surface area (Å²) in [5.74, 6) is 2.43. The zero-order valence-electron chi connectivity index (χ0n) is 8.70. The molecule has 0 aliphatic carbocycles. The van der Waals surface area contributed by atoms with Crippen LogP contribution in [0.25, 0.3) is 0 Å². The molecule has 4 nitrogen and oxygen atoms in total. The Morgan fingerprint density at radius 3 is 2.73 bits per heavy atom. The highest BCUT2D eigenvalue weighted by atomic mass is 16.7. The van der Waals surface area contributed by atoms with Crippen LogP contribution in [0, 0.1) is 6.92 Å². The van der Waals surface area contributed by atoms with Crippen molar-refractivity contribution in [3.05, 3.63) is 17.2 Å². The summed E-state index contributed by atoms with van der Waals surface area (Å²) in [6.45, 7) is 2.99. The van der Waals surface area contributed by atoms with Gasteiger partial charge >= 0.3 is 0 Å². The van der Waals surface area contributed by atoms with Crippen molar-refractivity contribution in [2.24, 2.45) is 0 Å². The van der Waals surface area contributed by atoms with Gasteiger partial charge in [-0.25, -0.2) is 0 Å². The summed E-state index contributed by atoms with van der Waals surface area (Å²) in [7, 11) is 1.65. The third kappa shape index (κ3) is 1.25. The first kappa shape index (κ1) is 8.85. The minimum Gasteiger partial charge on any atom is -0.496 e. The quantitative estimate of drug-likeness (QED) is 0.695. The smallest absolute Gasteiger partial charge is 0.231 e. The van der Waals surface area contributed by atoms with Crippen LogP contribution in [0.3, 0.4) is 0 Å². The number of rotatable bonds is 2. The monoisotopic (exact) mass is 208 g/mol. The molecule has 15 heavy (non-hydrogen) atoms. The highest BCUT2D eigenvalue weighted by Crippen LogP contribution is 2.48. The van der Waals surface area contributed by atoms with Crippen LogP contribution in [0.4, 0.5) is 0 Å². The van der Waals surface area contributed by atoms with Crippen LogP contribution in [-0.2, 0) is 4.74 Å². The fraction of sp³-hybridized carbons (Fsp3) is 0.455. The molecule has 0 amide bonds. The van der Waals surface area contributed by atoms with Crippen molar-refractivity contribution in [2.45, 2.75) is 13.0 Å². The molecule has 1 aromatic carbocycles. The predicted octanol–water partition coefficient (Wildman–Crippen LogP) is 1.80. The second kappa shape index (κ2) is 3.03. The first-order valence-electron chi connectivity index (χ1n) is 4.90. The van der Waals surface area contributed by atoms with Crippen LogP contribution >= 0.6 is 0 Å². The molecular formula is C11H12O4. The molecule has 0 aromatic heterocycles. The van der Waals surface area contributed by atoms with Gasteiger partial charge in [0, 0.05) is 11.1 Å². The molecule has 80 valence electrons. The molecule has 2 heterocycles.